The fourth-order valence-corrected chi connectivity index (χ4v) is 3.90. The van der Waals surface area contributed by atoms with Crippen molar-refractivity contribution in [1.82, 2.24) is 10.3 Å². The van der Waals surface area contributed by atoms with Gasteiger partial charge in [0.1, 0.15) is 17.5 Å². The zero-order chi connectivity index (χ0) is 22.5. The fourth-order valence-electron chi connectivity index (χ4n) is 3.90. The molecule has 3 atom stereocenters. The Balaban J connectivity index is 1.57. The Hall–Kier alpha value is -2.67. The van der Waals surface area contributed by atoms with Crippen molar-refractivity contribution in [2.45, 2.75) is 72.1 Å². The van der Waals surface area contributed by atoms with Gasteiger partial charge in [0.05, 0.1) is 12.7 Å². The Morgan fingerprint density at radius 3 is 2.58 bits per heavy atom. The lowest BCUT2D eigenvalue weighted by molar-refractivity contribution is -0.144. The van der Waals surface area contributed by atoms with Gasteiger partial charge in [-0.05, 0) is 51.2 Å². The summed E-state index contributed by atoms with van der Waals surface area (Å²) in [6, 6.07) is 7.14. The Morgan fingerprint density at radius 2 is 1.94 bits per heavy atom. The van der Waals surface area contributed by atoms with Crippen LogP contribution in [-0.4, -0.2) is 34.1 Å². The Labute approximate surface area is 183 Å². The molecule has 1 saturated carbocycles. The average molecular weight is 429 g/mol. The molecule has 1 aromatic heterocycles. The number of benzene rings is 1. The van der Waals surface area contributed by atoms with Crippen LogP contribution in [0.1, 0.15) is 56.5 Å². The molecule has 0 spiro atoms. The number of hydrogen-bond acceptors (Lipinski definition) is 5. The molecule has 0 radical (unpaired) electrons. The Bertz CT molecular complexity index is 903. The number of carboxylic acid groups (broad SMARTS) is 1. The van der Waals surface area contributed by atoms with Crippen LogP contribution in [0.4, 0.5) is 0 Å². The zero-order valence-electron chi connectivity index (χ0n) is 18.7. The highest BCUT2D eigenvalue weighted by molar-refractivity contribution is 5.85. The first-order chi connectivity index (χ1) is 14.7. The van der Waals surface area contributed by atoms with Gasteiger partial charge in [-0.2, -0.15) is 0 Å². The largest absolute Gasteiger partial charge is 0.480 e. The number of carbonyl (C=O) groups is 2. The molecule has 3 rings (SSSR count). The van der Waals surface area contributed by atoms with E-state index in [0.717, 1.165) is 36.3 Å². The quantitative estimate of drug-likeness (QED) is 0.651. The second kappa shape index (κ2) is 10.1. The lowest BCUT2D eigenvalue weighted by atomic mass is 9.86. The second-order valence-electron chi connectivity index (χ2n) is 8.75. The zero-order valence-corrected chi connectivity index (χ0v) is 18.7. The fraction of sp³-hybridized carbons (Fsp3) is 0.542. The van der Waals surface area contributed by atoms with E-state index in [4.69, 9.17) is 9.15 Å². The van der Waals surface area contributed by atoms with Gasteiger partial charge in [-0.25, -0.2) is 9.78 Å². The predicted octanol–water partition coefficient (Wildman–Crippen LogP) is 4.26. The summed E-state index contributed by atoms with van der Waals surface area (Å²) in [5.74, 6) is -0.311. The number of nitrogens with one attached hydrogen (secondary N) is 1. The molecule has 0 aliphatic heterocycles. The van der Waals surface area contributed by atoms with Gasteiger partial charge < -0.3 is 19.6 Å². The minimum atomic E-state index is -1.00. The molecule has 2 aromatic rings. The van der Waals surface area contributed by atoms with Crippen LogP contribution < -0.4 is 5.32 Å². The van der Waals surface area contributed by atoms with Gasteiger partial charge in [-0.3, -0.25) is 4.79 Å². The molecule has 2 N–H and O–H groups in total. The number of nitrogens with zero attached hydrogens (tertiary/aromatic N) is 1. The van der Waals surface area contributed by atoms with Crippen molar-refractivity contribution in [2.24, 2.45) is 11.8 Å². The Kier molecular flexibility index (Phi) is 7.49. The summed E-state index contributed by atoms with van der Waals surface area (Å²) in [7, 11) is 0. The maximum atomic E-state index is 12.6. The molecule has 31 heavy (non-hydrogen) atoms. The second-order valence-corrected chi connectivity index (χ2v) is 8.75. The minimum Gasteiger partial charge on any atom is -0.480 e. The molecular weight excluding hydrogens is 396 g/mol. The van der Waals surface area contributed by atoms with Crippen LogP contribution in [0, 0.1) is 25.7 Å². The van der Waals surface area contributed by atoms with E-state index in [1.165, 1.54) is 5.56 Å². The smallest absolute Gasteiger partial charge is 0.326 e. The molecule has 0 saturated heterocycles. The third kappa shape index (κ3) is 5.94. The summed E-state index contributed by atoms with van der Waals surface area (Å²) in [5.41, 5.74) is 2.86. The topological polar surface area (TPSA) is 102 Å². The number of amides is 1. The van der Waals surface area contributed by atoms with E-state index >= 15 is 0 Å². The molecule has 168 valence electrons. The van der Waals surface area contributed by atoms with Crippen LogP contribution in [0.3, 0.4) is 0 Å². The highest BCUT2D eigenvalue weighted by Crippen LogP contribution is 2.29. The molecular formula is C24H32N2O5. The average Bonchev–Trinajstić information content (AvgIpc) is 3.11. The van der Waals surface area contributed by atoms with E-state index < -0.39 is 12.0 Å². The SMILES string of the molecule is Cc1ccc(-c2nc(CO[C@H]3CCC[C@@H](C(=O)N[C@H](C(=O)O)C(C)C)C3)c(C)o2)cc1. The van der Waals surface area contributed by atoms with E-state index in [-0.39, 0.29) is 23.8 Å². The number of ether oxygens (including phenoxy) is 1. The van der Waals surface area contributed by atoms with Crippen LogP contribution in [0.15, 0.2) is 28.7 Å². The summed E-state index contributed by atoms with van der Waals surface area (Å²) in [4.78, 5) is 28.6. The van der Waals surface area contributed by atoms with E-state index in [1.54, 1.807) is 13.8 Å². The first-order valence-corrected chi connectivity index (χ1v) is 10.9. The standard InChI is InChI=1S/C24H32N2O5/c1-14(2)21(24(28)29)26-22(27)18-6-5-7-19(12-18)30-13-20-16(4)31-23(25-20)17-10-8-15(3)9-11-17/h8-11,14,18-19,21H,5-7,12-13H2,1-4H3,(H,26,27)(H,28,29)/t18-,19+,21+/m1/s1. The normalized spacial score (nSPS) is 19.9. The monoisotopic (exact) mass is 428 g/mol. The molecule has 0 unspecified atom stereocenters. The highest BCUT2D eigenvalue weighted by Gasteiger charge is 2.31. The van der Waals surface area contributed by atoms with Gasteiger partial charge in [0.2, 0.25) is 11.8 Å². The number of carbonyl (C=O) groups excluding carboxylic acids is 1. The van der Waals surface area contributed by atoms with E-state index in [9.17, 15) is 14.7 Å². The summed E-state index contributed by atoms with van der Waals surface area (Å²) in [6.45, 7) is 7.81. The number of carboxylic acids is 1. The van der Waals surface area contributed by atoms with Crippen molar-refractivity contribution < 1.29 is 23.8 Å². The maximum Gasteiger partial charge on any atom is 0.326 e. The predicted molar refractivity (Wildman–Crippen MR) is 116 cm³/mol. The molecule has 1 aliphatic rings. The molecule has 0 bridgehead atoms. The van der Waals surface area contributed by atoms with Crippen molar-refractivity contribution in [3.63, 3.8) is 0 Å². The summed E-state index contributed by atoms with van der Waals surface area (Å²) in [5, 5.41) is 12.0. The van der Waals surface area contributed by atoms with Gasteiger partial charge in [-0.1, -0.05) is 38.0 Å². The number of aromatic nitrogens is 1. The van der Waals surface area contributed by atoms with Gasteiger partial charge in [0.15, 0.2) is 0 Å². The lowest BCUT2D eigenvalue weighted by Crippen LogP contribution is -2.47. The van der Waals surface area contributed by atoms with Crippen molar-refractivity contribution in [3.8, 4) is 11.5 Å². The minimum absolute atomic E-state index is 0.0641. The van der Waals surface area contributed by atoms with E-state index in [1.807, 2.05) is 38.1 Å². The number of aryl methyl sites for hydroxylation is 2. The first kappa shape index (κ1) is 23.0. The van der Waals surface area contributed by atoms with Gasteiger partial charge in [0, 0.05) is 11.5 Å². The molecule has 7 nitrogen and oxygen atoms in total. The lowest BCUT2D eigenvalue weighted by Gasteiger charge is -2.29. The van der Waals surface area contributed by atoms with Gasteiger partial charge in [-0.15, -0.1) is 0 Å². The summed E-state index contributed by atoms with van der Waals surface area (Å²) >= 11 is 0. The first-order valence-electron chi connectivity index (χ1n) is 10.9. The maximum absolute atomic E-state index is 12.6. The van der Waals surface area contributed by atoms with Crippen LogP contribution >= 0.6 is 0 Å². The van der Waals surface area contributed by atoms with Crippen LogP contribution in [0.5, 0.6) is 0 Å². The molecule has 1 aromatic carbocycles. The van der Waals surface area contributed by atoms with Crippen molar-refractivity contribution >= 4 is 11.9 Å². The molecule has 1 amide bonds. The number of aliphatic carboxylic acids is 1. The summed E-state index contributed by atoms with van der Waals surface area (Å²) < 4.78 is 11.9. The molecule has 1 aliphatic carbocycles. The van der Waals surface area contributed by atoms with Crippen LogP contribution in [-0.2, 0) is 20.9 Å². The summed E-state index contributed by atoms with van der Waals surface area (Å²) in [6.07, 6.45) is 3.01. The number of oxazole rings is 1. The van der Waals surface area contributed by atoms with E-state index in [2.05, 4.69) is 10.3 Å². The molecule has 1 heterocycles. The van der Waals surface area contributed by atoms with E-state index in [0.29, 0.717) is 18.9 Å². The number of hydrogen-bond donors (Lipinski definition) is 2. The van der Waals surface area contributed by atoms with Gasteiger partial charge in [0.25, 0.3) is 0 Å². The molecule has 7 heteroatoms. The van der Waals surface area contributed by atoms with Crippen molar-refractivity contribution in [3.05, 3.63) is 41.3 Å². The Morgan fingerprint density at radius 1 is 1.23 bits per heavy atom. The van der Waals surface area contributed by atoms with Crippen LogP contribution in [0.2, 0.25) is 0 Å². The van der Waals surface area contributed by atoms with Gasteiger partial charge >= 0.3 is 5.97 Å². The van der Waals surface area contributed by atoms with Crippen molar-refractivity contribution in [2.75, 3.05) is 0 Å². The van der Waals surface area contributed by atoms with Crippen molar-refractivity contribution in [1.29, 1.82) is 0 Å². The third-order valence-electron chi connectivity index (χ3n) is 5.87. The number of rotatable bonds is 8. The third-order valence-corrected chi connectivity index (χ3v) is 5.87. The molecule has 1 fully saturated rings. The van der Waals surface area contributed by atoms with Crippen LogP contribution in [0.25, 0.3) is 11.5 Å². The highest BCUT2D eigenvalue weighted by atomic mass is 16.5.